The Hall–Kier alpha value is -0.180. The topological polar surface area (TPSA) is 26.0 Å². The van der Waals surface area contributed by atoms with Crippen molar-refractivity contribution in [1.29, 1.82) is 0 Å². The standard InChI is InChI=1S/C7H13F2N/c1-5(10)2-6-3-7(8,9)4-6/h5-6H,2-4,10H2,1H3/t5-/m0/s1. The van der Waals surface area contributed by atoms with E-state index in [1.165, 1.54) is 0 Å². The zero-order valence-corrected chi connectivity index (χ0v) is 6.11. The fourth-order valence-corrected chi connectivity index (χ4v) is 1.48. The predicted octanol–water partition coefficient (Wildman–Crippen LogP) is 1.77. The third-order valence-electron chi connectivity index (χ3n) is 1.88. The predicted molar refractivity (Wildman–Crippen MR) is 35.9 cm³/mol. The summed E-state index contributed by atoms with van der Waals surface area (Å²) in [6.07, 6.45) is 0.846. The number of rotatable bonds is 2. The highest BCUT2D eigenvalue weighted by atomic mass is 19.3. The van der Waals surface area contributed by atoms with E-state index in [4.69, 9.17) is 5.73 Å². The van der Waals surface area contributed by atoms with Crippen LogP contribution in [0.15, 0.2) is 0 Å². The Bertz CT molecular complexity index is 112. The summed E-state index contributed by atoms with van der Waals surface area (Å²) in [6, 6.07) is 0.0705. The lowest BCUT2D eigenvalue weighted by atomic mass is 9.78. The van der Waals surface area contributed by atoms with Crippen LogP contribution in [0.1, 0.15) is 26.2 Å². The smallest absolute Gasteiger partial charge is 0.248 e. The van der Waals surface area contributed by atoms with Crippen LogP contribution in [0.4, 0.5) is 8.78 Å². The minimum absolute atomic E-state index is 0.0501. The lowest BCUT2D eigenvalue weighted by Gasteiger charge is -2.35. The number of hydrogen-bond donors (Lipinski definition) is 1. The maximum atomic E-state index is 12.2. The Morgan fingerprint density at radius 3 is 2.40 bits per heavy atom. The molecule has 0 aliphatic heterocycles. The normalized spacial score (nSPS) is 27.6. The molecule has 0 spiro atoms. The van der Waals surface area contributed by atoms with Gasteiger partial charge in [-0.05, 0) is 19.3 Å². The summed E-state index contributed by atoms with van der Waals surface area (Å²) in [7, 11) is 0. The van der Waals surface area contributed by atoms with E-state index in [0.29, 0.717) is 0 Å². The molecule has 0 saturated heterocycles. The van der Waals surface area contributed by atoms with Crippen LogP contribution in [-0.2, 0) is 0 Å². The van der Waals surface area contributed by atoms with Crippen LogP contribution in [0.5, 0.6) is 0 Å². The molecule has 0 bridgehead atoms. The van der Waals surface area contributed by atoms with Crippen molar-refractivity contribution in [2.45, 2.75) is 38.2 Å². The van der Waals surface area contributed by atoms with Crippen LogP contribution < -0.4 is 5.73 Å². The van der Waals surface area contributed by atoms with E-state index in [0.717, 1.165) is 6.42 Å². The molecule has 1 aliphatic carbocycles. The second kappa shape index (κ2) is 2.46. The highest BCUT2D eigenvalue weighted by molar-refractivity contribution is 4.87. The zero-order valence-electron chi connectivity index (χ0n) is 6.11. The van der Waals surface area contributed by atoms with Gasteiger partial charge in [0.25, 0.3) is 0 Å². The van der Waals surface area contributed by atoms with Crippen molar-refractivity contribution in [3.8, 4) is 0 Å². The van der Waals surface area contributed by atoms with Gasteiger partial charge in [-0.3, -0.25) is 0 Å². The van der Waals surface area contributed by atoms with Crippen molar-refractivity contribution in [3.63, 3.8) is 0 Å². The first-order valence-electron chi connectivity index (χ1n) is 3.63. The molecular weight excluding hydrogens is 136 g/mol. The Labute approximate surface area is 59.6 Å². The fourth-order valence-electron chi connectivity index (χ4n) is 1.48. The van der Waals surface area contributed by atoms with Crippen molar-refractivity contribution in [2.75, 3.05) is 0 Å². The van der Waals surface area contributed by atoms with Crippen LogP contribution in [0.3, 0.4) is 0 Å². The first-order valence-corrected chi connectivity index (χ1v) is 3.63. The van der Waals surface area contributed by atoms with Crippen molar-refractivity contribution >= 4 is 0 Å². The first kappa shape index (κ1) is 7.92. The van der Waals surface area contributed by atoms with E-state index in [2.05, 4.69) is 0 Å². The molecular formula is C7H13F2N. The second-order valence-electron chi connectivity index (χ2n) is 3.34. The van der Waals surface area contributed by atoms with Gasteiger partial charge in [0.05, 0.1) is 0 Å². The summed E-state index contributed by atoms with van der Waals surface area (Å²) in [5.74, 6) is -2.20. The molecule has 0 amide bonds. The molecule has 60 valence electrons. The van der Waals surface area contributed by atoms with E-state index in [-0.39, 0.29) is 24.8 Å². The van der Waals surface area contributed by atoms with Crippen molar-refractivity contribution in [3.05, 3.63) is 0 Å². The van der Waals surface area contributed by atoms with Crippen LogP contribution in [0.2, 0.25) is 0 Å². The van der Waals surface area contributed by atoms with Gasteiger partial charge in [0.15, 0.2) is 0 Å². The minimum Gasteiger partial charge on any atom is -0.328 e. The molecule has 0 aromatic carbocycles. The van der Waals surface area contributed by atoms with E-state index in [1.807, 2.05) is 6.92 Å². The molecule has 1 nitrogen and oxygen atoms in total. The molecule has 1 atom stereocenters. The maximum Gasteiger partial charge on any atom is 0.248 e. The van der Waals surface area contributed by atoms with Gasteiger partial charge in [-0.15, -0.1) is 0 Å². The number of nitrogens with two attached hydrogens (primary N) is 1. The molecule has 0 aromatic heterocycles. The van der Waals surface area contributed by atoms with Gasteiger partial charge < -0.3 is 5.73 Å². The molecule has 3 heteroatoms. The summed E-state index contributed by atoms with van der Waals surface area (Å²) in [4.78, 5) is 0. The molecule has 1 saturated carbocycles. The van der Waals surface area contributed by atoms with Gasteiger partial charge in [0.2, 0.25) is 5.92 Å². The minimum atomic E-state index is -2.38. The van der Waals surface area contributed by atoms with Gasteiger partial charge in [-0.2, -0.15) is 0 Å². The molecule has 1 rings (SSSR count). The third kappa shape index (κ3) is 1.90. The molecule has 2 N–H and O–H groups in total. The quantitative estimate of drug-likeness (QED) is 0.636. The number of hydrogen-bond acceptors (Lipinski definition) is 1. The second-order valence-corrected chi connectivity index (χ2v) is 3.34. The van der Waals surface area contributed by atoms with Crippen molar-refractivity contribution in [2.24, 2.45) is 11.7 Å². The molecule has 0 unspecified atom stereocenters. The Morgan fingerprint density at radius 1 is 1.60 bits per heavy atom. The number of alkyl halides is 2. The zero-order chi connectivity index (χ0) is 7.78. The Kier molecular flexibility index (Phi) is 1.95. The van der Waals surface area contributed by atoms with Crippen LogP contribution in [0.25, 0.3) is 0 Å². The van der Waals surface area contributed by atoms with E-state index < -0.39 is 5.92 Å². The molecule has 0 aromatic rings. The number of halogens is 2. The van der Waals surface area contributed by atoms with Gasteiger partial charge in [-0.1, -0.05) is 0 Å². The summed E-state index contributed by atoms with van der Waals surface area (Å²) < 4.78 is 24.4. The lowest BCUT2D eigenvalue weighted by Crippen LogP contribution is -2.38. The van der Waals surface area contributed by atoms with Crippen molar-refractivity contribution in [1.82, 2.24) is 0 Å². The monoisotopic (exact) mass is 149 g/mol. The fraction of sp³-hybridized carbons (Fsp3) is 1.00. The Balaban J connectivity index is 2.15. The van der Waals surface area contributed by atoms with E-state index in [9.17, 15) is 8.78 Å². The molecule has 0 heterocycles. The van der Waals surface area contributed by atoms with Gasteiger partial charge in [0, 0.05) is 18.9 Å². The summed E-state index contributed by atoms with van der Waals surface area (Å²) in [6.45, 7) is 1.86. The van der Waals surface area contributed by atoms with Crippen LogP contribution in [-0.4, -0.2) is 12.0 Å². The molecule has 1 aliphatic rings. The van der Waals surface area contributed by atoms with E-state index in [1.54, 1.807) is 0 Å². The van der Waals surface area contributed by atoms with Crippen LogP contribution >= 0.6 is 0 Å². The first-order chi connectivity index (χ1) is 4.49. The molecule has 10 heavy (non-hydrogen) atoms. The summed E-state index contributed by atoms with van der Waals surface area (Å²) >= 11 is 0. The average Bonchev–Trinajstić information content (AvgIpc) is 1.57. The van der Waals surface area contributed by atoms with Gasteiger partial charge in [-0.25, -0.2) is 8.78 Å². The van der Waals surface area contributed by atoms with E-state index >= 15 is 0 Å². The highest BCUT2D eigenvalue weighted by Crippen LogP contribution is 2.44. The summed E-state index contributed by atoms with van der Waals surface area (Å²) in [5.41, 5.74) is 5.45. The summed E-state index contributed by atoms with van der Waals surface area (Å²) in [5, 5.41) is 0. The van der Waals surface area contributed by atoms with Gasteiger partial charge >= 0.3 is 0 Å². The maximum absolute atomic E-state index is 12.2. The van der Waals surface area contributed by atoms with Crippen LogP contribution in [0, 0.1) is 5.92 Å². The molecule has 0 radical (unpaired) electrons. The average molecular weight is 149 g/mol. The highest BCUT2D eigenvalue weighted by Gasteiger charge is 2.44. The SMILES string of the molecule is C[C@H](N)CC1CC(F)(F)C1. The van der Waals surface area contributed by atoms with Crippen molar-refractivity contribution < 1.29 is 8.78 Å². The van der Waals surface area contributed by atoms with Gasteiger partial charge in [0.1, 0.15) is 0 Å². The lowest BCUT2D eigenvalue weighted by molar-refractivity contribution is -0.112. The Morgan fingerprint density at radius 2 is 2.10 bits per heavy atom. The third-order valence-corrected chi connectivity index (χ3v) is 1.88. The largest absolute Gasteiger partial charge is 0.328 e. The molecule has 1 fully saturated rings.